The Hall–Kier alpha value is -1.69. The van der Waals surface area contributed by atoms with Crippen LogP contribution in [0.4, 0.5) is 0 Å². The van der Waals surface area contributed by atoms with E-state index in [1.807, 2.05) is 11.6 Å². The van der Waals surface area contributed by atoms with Crippen molar-refractivity contribution in [1.82, 2.24) is 19.7 Å². The fourth-order valence-corrected chi connectivity index (χ4v) is 2.68. The molecule has 0 amide bonds. The highest BCUT2D eigenvalue weighted by Gasteiger charge is 2.33. The average molecular weight is 261 g/mol. The van der Waals surface area contributed by atoms with E-state index >= 15 is 0 Å². The van der Waals surface area contributed by atoms with Gasteiger partial charge in [0.2, 0.25) is 0 Å². The smallest absolute Gasteiger partial charge is 0.276 e. The summed E-state index contributed by atoms with van der Waals surface area (Å²) in [5, 5.41) is 4.10. The molecule has 0 unspecified atom stereocenters. The van der Waals surface area contributed by atoms with Crippen molar-refractivity contribution in [2.45, 2.75) is 44.1 Å². The minimum atomic E-state index is -0.434. The Labute approximate surface area is 112 Å². The molecule has 0 spiro atoms. The molecule has 102 valence electrons. The van der Waals surface area contributed by atoms with Crippen LogP contribution in [-0.2, 0) is 12.6 Å². The molecule has 6 heteroatoms. The maximum absolute atomic E-state index is 6.48. The number of nitrogens with zero attached hydrogens (tertiary/aromatic N) is 4. The molecule has 2 aromatic heterocycles. The van der Waals surface area contributed by atoms with Crippen LogP contribution in [0.1, 0.15) is 44.3 Å². The lowest BCUT2D eigenvalue weighted by Crippen LogP contribution is -2.37. The van der Waals surface area contributed by atoms with Gasteiger partial charge >= 0.3 is 0 Å². The molecule has 0 aliphatic heterocycles. The van der Waals surface area contributed by atoms with Gasteiger partial charge in [-0.1, -0.05) is 30.8 Å². The lowest BCUT2D eigenvalue weighted by atomic mass is 9.91. The van der Waals surface area contributed by atoms with Gasteiger partial charge in [-0.3, -0.25) is 0 Å². The molecule has 2 N–H and O–H groups in total. The zero-order valence-electron chi connectivity index (χ0n) is 11.2. The van der Waals surface area contributed by atoms with Gasteiger partial charge in [-0.15, -0.1) is 0 Å². The molecule has 0 saturated heterocycles. The van der Waals surface area contributed by atoms with Crippen molar-refractivity contribution in [3.63, 3.8) is 0 Å². The third kappa shape index (κ3) is 2.28. The molecule has 3 rings (SSSR count). The Morgan fingerprint density at radius 1 is 1.26 bits per heavy atom. The lowest BCUT2D eigenvalue weighted by Gasteiger charge is -2.23. The lowest BCUT2D eigenvalue weighted by molar-refractivity contribution is 0.334. The van der Waals surface area contributed by atoms with Crippen LogP contribution in [0, 0.1) is 0 Å². The average Bonchev–Trinajstić information content (AvgIpc) is 2.97. The van der Waals surface area contributed by atoms with Crippen molar-refractivity contribution in [1.29, 1.82) is 0 Å². The molecule has 19 heavy (non-hydrogen) atoms. The number of hydrogen-bond acceptors (Lipinski definition) is 5. The number of nitrogens with two attached hydrogens (primary N) is 1. The Bertz CT molecular complexity index is 551. The first-order valence-electron chi connectivity index (χ1n) is 6.79. The predicted octanol–water partition coefficient (Wildman–Crippen LogP) is 1.98. The molecule has 0 atom stereocenters. The highest BCUT2D eigenvalue weighted by atomic mass is 16.5. The molecule has 2 aromatic rings. The molecule has 2 heterocycles. The van der Waals surface area contributed by atoms with Gasteiger partial charge < -0.3 is 14.8 Å². The molecular weight excluding hydrogens is 242 g/mol. The SMILES string of the molecule is Cn1cncc1-c1nc(C2(N)CCCCCC2)no1. The Kier molecular flexibility index (Phi) is 3.10. The summed E-state index contributed by atoms with van der Waals surface area (Å²) in [5.74, 6) is 1.12. The fraction of sp³-hybridized carbons (Fsp3) is 0.615. The van der Waals surface area contributed by atoms with Crippen molar-refractivity contribution in [3.8, 4) is 11.6 Å². The van der Waals surface area contributed by atoms with Gasteiger partial charge in [-0.05, 0) is 12.8 Å². The molecule has 1 fully saturated rings. The van der Waals surface area contributed by atoms with Crippen molar-refractivity contribution in [2.75, 3.05) is 0 Å². The normalized spacial score (nSPS) is 19.3. The van der Waals surface area contributed by atoms with E-state index in [0.29, 0.717) is 11.7 Å². The summed E-state index contributed by atoms with van der Waals surface area (Å²) in [5.41, 5.74) is 6.86. The first-order valence-corrected chi connectivity index (χ1v) is 6.79. The van der Waals surface area contributed by atoms with Gasteiger partial charge in [0.15, 0.2) is 5.82 Å². The van der Waals surface area contributed by atoms with E-state index in [1.165, 1.54) is 12.8 Å². The fourth-order valence-electron chi connectivity index (χ4n) is 2.68. The summed E-state index contributed by atoms with van der Waals surface area (Å²) in [7, 11) is 1.90. The highest BCUT2D eigenvalue weighted by molar-refractivity contribution is 5.45. The van der Waals surface area contributed by atoms with E-state index in [4.69, 9.17) is 10.3 Å². The second-order valence-electron chi connectivity index (χ2n) is 5.38. The van der Waals surface area contributed by atoms with Crippen LogP contribution in [0.25, 0.3) is 11.6 Å². The summed E-state index contributed by atoms with van der Waals surface area (Å²) in [4.78, 5) is 8.54. The Balaban J connectivity index is 1.90. The molecular formula is C13H19N5O. The summed E-state index contributed by atoms with van der Waals surface area (Å²) < 4.78 is 7.20. The molecule has 1 saturated carbocycles. The van der Waals surface area contributed by atoms with Crippen molar-refractivity contribution >= 4 is 0 Å². The van der Waals surface area contributed by atoms with Crippen LogP contribution in [0.5, 0.6) is 0 Å². The van der Waals surface area contributed by atoms with Crippen molar-refractivity contribution < 1.29 is 4.52 Å². The maximum atomic E-state index is 6.48. The minimum absolute atomic E-state index is 0.434. The van der Waals surface area contributed by atoms with Gasteiger partial charge in [0.05, 0.1) is 18.1 Å². The molecule has 0 radical (unpaired) electrons. The predicted molar refractivity (Wildman–Crippen MR) is 70.1 cm³/mol. The topological polar surface area (TPSA) is 82.8 Å². The largest absolute Gasteiger partial charge is 0.332 e. The van der Waals surface area contributed by atoms with Gasteiger partial charge in [0.1, 0.15) is 5.69 Å². The van der Waals surface area contributed by atoms with E-state index < -0.39 is 5.54 Å². The Morgan fingerprint density at radius 3 is 2.63 bits per heavy atom. The maximum Gasteiger partial charge on any atom is 0.276 e. The third-order valence-electron chi connectivity index (χ3n) is 3.90. The van der Waals surface area contributed by atoms with E-state index in [9.17, 15) is 0 Å². The zero-order valence-corrected chi connectivity index (χ0v) is 11.2. The highest BCUT2D eigenvalue weighted by Crippen LogP contribution is 2.32. The molecule has 1 aliphatic rings. The molecule has 1 aliphatic carbocycles. The van der Waals surface area contributed by atoms with E-state index in [0.717, 1.165) is 31.4 Å². The van der Waals surface area contributed by atoms with Crippen molar-refractivity contribution in [3.05, 3.63) is 18.3 Å². The van der Waals surface area contributed by atoms with E-state index in [-0.39, 0.29) is 0 Å². The minimum Gasteiger partial charge on any atom is -0.332 e. The third-order valence-corrected chi connectivity index (χ3v) is 3.90. The standard InChI is InChI=1S/C13H19N5O/c1-18-9-15-8-10(18)11-16-12(17-19-11)13(14)6-4-2-3-5-7-13/h8-9H,2-7,14H2,1H3. The summed E-state index contributed by atoms with van der Waals surface area (Å²) >= 11 is 0. The second-order valence-corrected chi connectivity index (χ2v) is 5.38. The van der Waals surface area contributed by atoms with Gasteiger partial charge in [-0.2, -0.15) is 4.98 Å². The quantitative estimate of drug-likeness (QED) is 0.836. The van der Waals surface area contributed by atoms with Gasteiger partial charge in [0.25, 0.3) is 5.89 Å². The van der Waals surface area contributed by atoms with Crippen LogP contribution in [0.3, 0.4) is 0 Å². The molecule has 0 aromatic carbocycles. The van der Waals surface area contributed by atoms with Crippen LogP contribution < -0.4 is 5.73 Å². The van der Waals surface area contributed by atoms with Crippen LogP contribution in [0.15, 0.2) is 17.0 Å². The van der Waals surface area contributed by atoms with Crippen molar-refractivity contribution in [2.24, 2.45) is 12.8 Å². The van der Waals surface area contributed by atoms with Crippen LogP contribution >= 0.6 is 0 Å². The first kappa shape index (κ1) is 12.3. The second kappa shape index (κ2) is 4.77. The number of imidazole rings is 1. The Morgan fingerprint density at radius 2 is 2.00 bits per heavy atom. The first-order chi connectivity index (χ1) is 9.19. The van der Waals surface area contributed by atoms with Gasteiger partial charge in [0, 0.05) is 7.05 Å². The van der Waals surface area contributed by atoms with Crippen LogP contribution in [0.2, 0.25) is 0 Å². The number of rotatable bonds is 2. The monoisotopic (exact) mass is 261 g/mol. The number of aryl methyl sites for hydroxylation is 1. The van der Waals surface area contributed by atoms with Crippen LogP contribution in [-0.4, -0.2) is 19.7 Å². The summed E-state index contributed by atoms with van der Waals surface area (Å²) in [6.45, 7) is 0. The molecule has 6 nitrogen and oxygen atoms in total. The number of hydrogen-bond donors (Lipinski definition) is 1. The van der Waals surface area contributed by atoms with E-state index in [1.54, 1.807) is 12.5 Å². The number of aromatic nitrogens is 4. The summed E-state index contributed by atoms with van der Waals surface area (Å²) in [6, 6.07) is 0. The summed E-state index contributed by atoms with van der Waals surface area (Å²) in [6.07, 6.45) is 10.0. The van der Waals surface area contributed by atoms with Gasteiger partial charge in [-0.25, -0.2) is 4.98 Å². The molecule has 0 bridgehead atoms. The zero-order chi connectivity index (χ0) is 13.3. The van der Waals surface area contributed by atoms with E-state index in [2.05, 4.69) is 15.1 Å².